The van der Waals surface area contributed by atoms with Crippen molar-refractivity contribution in [2.24, 2.45) is 5.73 Å². The highest BCUT2D eigenvalue weighted by Gasteiger charge is 2.27. The molecule has 1 aromatic rings. The lowest BCUT2D eigenvalue weighted by molar-refractivity contribution is 0.0578. The van der Waals surface area contributed by atoms with E-state index in [0.717, 1.165) is 24.1 Å². The van der Waals surface area contributed by atoms with Crippen molar-refractivity contribution in [1.29, 1.82) is 0 Å². The Morgan fingerprint density at radius 2 is 2.10 bits per heavy atom. The molecule has 0 saturated heterocycles. The van der Waals surface area contributed by atoms with E-state index in [-0.39, 0.29) is 12.1 Å². The van der Waals surface area contributed by atoms with Gasteiger partial charge >= 0.3 is 6.09 Å². The van der Waals surface area contributed by atoms with E-state index >= 15 is 0 Å². The number of carbonyl (C=O) groups excluding carboxylic acids is 1. The number of aryl methyl sites for hydroxylation is 1. The van der Waals surface area contributed by atoms with Crippen molar-refractivity contribution in [1.82, 2.24) is 0 Å². The Balaban J connectivity index is 2.31. The Bertz CT molecular complexity index is 504. The average molecular weight is 276 g/mol. The fourth-order valence-electron chi connectivity index (χ4n) is 2.38. The van der Waals surface area contributed by atoms with E-state index in [4.69, 9.17) is 10.5 Å². The molecule has 0 aromatic heterocycles. The number of fused-ring (bicyclic) bond motifs is 1. The van der Waals surface area contributed by atoms with Gasteiger partial charge in [0.15, 0.2) is 0 Å². The van der Waals surface area contributed by atoms with Crippen molar-refractivity contribution in [2.45, 2.75) is 52.2 Å². The third kappa shape index (κ3) is 3.31. The third-order valence-corrected chi connectivity index (χ3v) is 3.37. The van der Waals surface area contributed by atoms with E-state index in [2.05, 4.69) is 6.07 Å². The summed E-state index contributed by atoms with van der Waals surface area (Å²) in [6, 6.07) is 6.10. The Kier molecular flexibility index (Phi) is 4.04. The lowest BCUT2D eigenvalue weighted by atomic mass is 9.98. The SMILES string of the molecule is CC(N)c1ccc2c(c1)N(C(=O)OC(C)(C)C)CCC2. The van der Waals surface area contributed by atoms with Crippen LogP contribution in [0, 0.1) is 0 Å². The molecule has 0 radical (unpaired) electrons. The summed E-state index contributed by atoms with van der Waals surface area (Å²) in [6.07, 6.45) is 1.68. The fourth-order valence-corrected chi connectivity index (χ4v) is 2.38. The quantitative estimate of drug-likeness (QED) is 0.855. The Morgan fingerprint density at radius 3 is 2.70 bits per heavy atom. The van der Waals surface area contributed by atoms with Crippen LogP contribution in [0.1, 0.15) is 51.3 Å². The molecule has 0 bridgehead atoms. The normalized spacial score (nSPS) is 16.6. The summed E-state index contributed by atoms with van der Waals surface area (Å²) in [5.41, 5.74) is 8.63. The van der Waals surface area contributed by atoms with Gasteiger partial charge in [-0.1, -0.05) is 12.1 Å². The first-order chi connectivity index (χ1) is 9.28. The van der Waals surface area contributed by atoms with Crippen molar-refractivity contribution >= 4 is 11.8 Å². The highest BCUT2D eigenvalue weighted by atomic mass is 16.6. The highest BCUT2D eigenvalue weighted by molar-refractivity contribution is 5.89. The fraction of sp³-hybridized carbons (Fsp3) is 0.562. The topological polar surface area (TPSA) is 55.6 Å². The minimum absolute atomic E-state index is 0.0392. The molecule has 0 aliphatic carbocycles. The second kappa shape index (κ2) is 5.44. The van der Waals surface area contributed by atoms with E-state index < -0.39 is 5.60 Å². The van der Waals surface area contributed by atoms with Gasteiger partial charge in [-0.2, -0.15) is 0 Å². The van der Waals surface area contributed by atoms with E-state index in [9.17, 15) is 4.79 Å². The van der Waals surface area contributed by atoms with Crippen molar-refractivity contribution in [3.8, 4) is 0 Å². The monoisotopic (exact) mass is 276 g/mol. The van der Waals surface area contributed by atoms with Gasteiger partial charge in [-0.25, -0.2) is 4.79 Å². The molecular weight excluding hydrogens is 252 g/mol. The van der Waals surface area contributed by atoms with Gasteiger partial charge < -0.3 is 10.5 Å². The van der Waals surface area contributed by atoms with Crippen molar-refractivity contribution < 1.29 is 9.53 Å². The molecule has 2 N–H and O–H groups in total. The zero-order chi connectivity index (χ0) is 14.9. The van der Waals surface area contributed by atoms with Gasteiger partial charge in [-0.3, -0.25) is 4.90 Å². The number of benzene rings is 1. The van der Waals surface area contributed by atoms with E-state index in [0.29, 0.717) is 6.54 Å². The number of nitrogens with two attached hydrogens (primary N) is 1. The number of amides is 1. The molecule has 110 valence electrons. The Hall–Kier alpha value is -1.55. The third-order valence-electron chi connectivity index (χ3n) is 3.37. The van der Waals surface area contributed by atoms with Gasteiger partial charge in [0.2, 0.25) is 0 Å². The van der Waals surface area contributed by atoms with E-state index in [1.807, 2.05) is 39.8 Å². The smallest absolute Gasteiger partial charge is 0.414 e. The number of ether oxygens (including phenoxy) is 1. The first kappa shape index (κ1) is 14.9. The molecule has 1 aliphatic rings. The molecule has 20 heavy (non-hydrogen) atoms. The molecule has 1 atom stereocenters. The number of nitrogens with zero attached hydrogens (tertiary/aromatic N) is 1. The first-order valence-electron chi connectivity index (χ1n) is 7.17. The van der Waals surface area contributed by atoms with Crippen molar-refractivity contribution in [3.63, 3.8) is 0 Å². The van der Waals surface area contributed by atoms with E-state index in [1.54, 1.807) is 4.90 Å². The number of anilines is 1. The summed E-state index contributed by atoms with van der Waals surface area (Å²) >= 11 is 0. The molecule has 1 unspecified atom stereocenters. The Morgan fingerprint density at radius 1 is 1.40 bits per heavy atom. The van der Waals surface area contributed by atoms with Crippen LogP contribution >= 0.6 is 0 Å². The number of rotatable bonds is 1. The molecule has 1 heterocycles. The standard InChI is InChI=1S/C16H24N2O2/c1-11(17)13-8-7-12-6-5-9-18(14(12)10-13)15(19)20-16(2,3)4/h7-8,10-11H,5-6,9,17H2,1-4H3. The molecule has 4 nitrogen and oxygen atoms in total. The molecule has 1 amide bonds. The van der Waals surface area contributed by atoms with Crippen LogP contribution in [0.3, 0.4) is 0 Å². The highest BCUT2D eigenvalue weighted by Crippen LogP contribution is 2.30. The maximum absolute atomic E-state index is 12.3. The van der Waals surface area contributed by atoms with Crippen LogP contribution in [0.4, 0.5) is 10.5 Å². The summed E-state index contributed by atoms with van der Waals surface area (Å²) < 4.78 is 5.49. The summed E-state index contributed by atoms with van der Waals surface area (Å²) in [5, 5.41) is 0. The van der Waals surface area contributed by atoms with E-state index in [1.165, 1.54) is 5.56 Å². The van der Waals surface area contributed by atoms with Gasteiger partial charge in [0, 0.05) is 12.6 Å². The van der Waals surface area contributed by atoms with Gasteiger partial charge in [0.1, 0.15) is 5.60 Å². The van der Waals surface area contributed by atoms with Crippen LogP contribution in [-0.4, -0.2) is 18.2 Å². The van der Waals surface area contributed by atoms with Crippen LogP contribution in [0.5, 0.6) is 0 Å². The molecule has 0 saturated carbocycles. The second-order valence-electron chi connectivity index (χ2n) is 6.41. The van der Waals surface area contributed by atoms with Crippen molar-refractivity contribution in [3.05, 3.63) is 29.3 Å². The average Bonchev–Trinajstić information content (AvgIpc) is 2.35. The lowest BCUT2D eigenvalue weighted by Crippen LogP contribution is -2.39. The zero-order valence-corrected chi connectivity index (χ0v) is 12.8. The molecule has 1 aromatic carbocycles. The van der Waals surface area contributed by atoms with Gasteiger partial charge in [0.25, 0.3) is 0 Å². The maximum atomic E-state index is 12.3. The zero-order valence-electron chi connectivity index (χ0n) is 12.8. The maximum Gasteiger partial charge on any atom is 0.414 e. The summed E-state index contributed by atoms with van der Waals surface area (Å²) in [6.45, 7) is 8.29. The molecule has 2 rings (SSSR count). The summed E-state index contributed by atoms with van der Waals surface area (Å²) in [7, 11) is 0. The largest absolute Gasteiger partial charge is 0.443 e. The van der Waals surface area contributed by atoms with Crippen LogP contribution in [0.2, 0.25) is 0 Å². The number of hydrogen-bond acceptors (Lipinski definition) is 3. The number of carbonyl (C=O) groups is 1. The van der Waals surface area contributed by atoms with Gasteiger partial charge in [-0.15, -0.1) is 0 Å². The minimum atomic E-state index is -0.479. The predicted molar refractivity (Wildman–Crippen MR) is 80.9 cm³/mol. The van der Waals surface area contributed by atoms with Crippen LogP contribution in [0.25, 0.3) is 0 Å². The summed E-state index contributed by atoms with van der Waals surface area (Å²) in [4.78, 5) is 14.1. The Labute approximate surface area is 120 Å². The first-order valence-corrected chi connectivity index (χ1v) is 7.17. The van der Waals surface area contributed by atoms with Crippen LogP contribution < -0.4 is 10.6 Å². The second-order valence-corrected chi connectivity index (χ2v) is 6.41. The predicted octanol–water partition coefficient (Wildman–Crippen LogP) is 3.39. The van der Waals surface area contributed by atoms with Crippen molar-refractivity contribution in [2.75, 3.05) is 11.4 Å². The molecule has 0 spiro atoms. The molecule has 4 heteroatoms. The lowest BCUT2D eigenvalue weighted by Gasteiger charge is -2.32. The van der Waals surface area contributed by atoms with Gasteiger partial charge in [0.05, 0.1) is 5.69 Å². The molecule has 1 aliphatic heterocycles. The molecular formula is C16H24N2O2. The minimum Gasteiger partial charge on any atom is -0.443 e. The van der Waals surface area contributed by atoms with Crippen LogP contribution in [0.15, 0.2) is 18.2 Å². The van der Waals surface area contributed by atoms with Crippen LogP contribution in [-0.2, 0) is 11.2 Å². The summed E-state index contributed by atoms with van der Waals surface area (Å²) in [5.74, 6) is 0. The van der Waals surface area contributed by atoms with Gasteiger partial charge in [-0.05, 0) is 57.7 Å². The number of hydrogen-bond donors (Lipinski definition) is 1. The molecule has 0 fully saturated rings.